The van der Waals surface area contributed by atoms with Crippen LogP contribution in [0.5, 0.6) is 0 Å². The van der Waals surface area contributed by atoms with Crippen LogP contribution in [0.1, 0.15) is 41.5 Å². The van der Waals surface area contributed by atoms with Gasteiger partial charge in [-0.3, -0.25) is 4.79 Å². The van der Waals surface area contributed by atoms with Gasteiger partial charge in [0.2, 0.25) is 5.91 Å². The van der Waals surface area contributed by atoms with Crippen molar-refractivity contribution in [3.8, 4) is 0 Å². The van der Waals surface area contributed by atoms with Gasteiger partial charge in [0.15, 0.2) is 0 Å². The second-order valence-electron chi connectivity index (χ2n) is 5.68. The fourth-order valence-electron chi connectivity index (χ4n) is 3.03. The highest BCUT2D eigenvalue weighted by molar-refractivity contribution is 6.31. The summed E-state index contributed by atoms with van der Waals surface area (Å²) in [5.74, 6) is 0.256. The van der Waals surface area contributed by atoms with Crippen LogP contribution < -0.4 is 5.32 Å². The number of rotatable bonds is 2. The molecule has 2 nitrogen and oxygen atoms in total. The summed E-state index contributed by atoms with van der Waals surface area (Å²) >= 11 is 6.14. The number of aryl methyl sites for hydroxylation is 1. The van der Waals surface area contributed by atoms with Gasteiger partial charge >= 0.3 is 0 Å². The zero-order chi connectivity index (χ0) is 15.7. The molecule has 0 fully saturated rings. The Morgan fingerprint density at radius 3 is 2.73 bits per heavy atom. The van der Waals surface area contributed by atoms with Gasteiger partial charge in [-0.05, 0) is 36.1 Å². The minimum Gasteiger partial charge on any atom is -0.326 e. The van der Waals surface area contributed by atoms with E-state index in [2.05, 4.69) is 35.7 Å². The number of carbonyl (C=O) groups is 1. The smallest absolute Gasteiger partial charge is 0.221 e. The number of amides is 1. The van der Waals surface area contributed by atoms with E-state index >= 15 is 0 Å². The van der Waals surface area contributed by atoms with E-state index in [0.29, 0.717) is 5.92 Å². The molecule has 0 heterocycles. The molecule has 0 spiro atoms. The highest BCUT2D eigenvalue weighted by atomic mass is 35.5. The Kier molecular flexibility index (Phi) is 4.04. The van der Waals surface area contributed by atoms with Gasteiger partial charge in [0.05, 0.1) is 0 Å². The molecule has 0 bridgehead atoms. The molecule has 22 heavy (non-hydrogen) atoms. The van der Waals surface area contributed by atoms with Crippen molar-refractivity contribution in [3.05, 3.63) is 75.8 Å². The van der Waals surface area contributed by atoms with Crippen molar-refractivity contribution in [2.45, 2.75) is 26.2 Å². The van der Waals surface area contributed by atoms with Crippen molar-refractivity contribution in [3.63, 3.8) is 0 Å². The molecule has 0 aromatic heterocycles. The molecule has 1 aliphatic rings. The lowest BCUT2D eigenvalue weighted by Crippen LogP contribution is -2.22. The summed E-state index contributed by atoms with van der Waals surface area (Å²) in [7, 11) is 0. The third-order valence-electron chi connectivity index (χ3n) is 4.08. The Labute approximate surface area is 135 Å². The van der Waals surface area contributed by atoms with Crippen molar-refractivity contribution >= 4 is 23.2 Å². The first-order valence-electron chi connectivity index (χ1n) is 7.39. The van der Waals surface area contributed by atoms with E-state index in [9.17, 15) is 4.79 Å². The molecule has 0 saturated heterocycles. The lowest BCUT2D eigenvalue weighted by molar-refractivity contribution is -0.117. The van der Waals surface area contributed by atoms with E-state index in [1.807, 2.05) is 25.1 Å². The quantitative estimate of drug-likeness (QED) is 0.858. The maximum Gasteiger partial charge on any atom is 0.221 e. The van der Waals surface area contributed by atoms with Gasteiger partial charge in [0, 0.05) is 29.1 Å². The molecule has 1 aliphatic carbocycles. The Bertz CT molecular complexity index is 764. The van der Waals surface area contributed by atoms with Crippen LogP contribution in [0, 0.1) is 6.92 Å². The summed E-state index contributed by atoms with van der Waals surface area (Å²) in [6.07, 6.45) is 2.98. The lowest BCUT2D eigenvalue weighted by Gasteiger charge is -2.26. The van der Waals surface area contributed by atoms with E-state index in [1.54, 1.807) is 0 Å². The molecular weight excluding hydrogens is 294 g/mol. The average molecular weight is 312 g/mol. The maximum atomic E-state index is 11.4. The molecule has 1 atom stereocenters. The van der Waals surface area contributed by atoms with E-state index in [-0.39, 0.29) is 5.91 Å². The molecule has 2 aromatic carbocycles. The molecule has 1 unspecified atom stereocenters. The van der Waals surface area contributed by atoms with Gasteiger partial charge in [-0.1, -0.05) is 54.1 Å². The van der Waals surface area contributed by atoms with Crippen LogP contribution in [0.15, 0.2) is 48.5 Å². The third-order valence-corrected chi connectivity index (χ3v) is 4.50. The van der Waals surface area contributed by atoms with Gasteiger partial charge in [-0.2, -0.15) is 0 Å². The summed E-state index contributed by atoms with van der Waals surface area (Å²) < 4.78 is 0. The molecule has 1 amide bonds. The topological polar surface area (TPSA) is 29.1 Å². The van der Waals surface area contributed by atoms with Crippen molar-refractivity contribution in [1.82, 2.24) is 5.32 Å². The Balaban J connectivity index is 2.04. The first kappa shape index (κ1) is 14.9. The van der Waals surface area contributed by atoms with Crippen molar-refractivity contribution < 1.29 is 4.79 Å². The molecule has 1 N–H and O–H groups in total. The van der Waals surface area contributed by atoms with Gasteiger partial charge < -0.3 is 5.32 Å². The number of benzene rings is 2. The lowest BCUT2D eigenvalue weighted by atomic mass is 9.80. The number of carbonyl (C=O) groups excluding carboxylic acids is 1. The van der Waals surface area contributed by atoms with Crippen LogP contribution in [0.25, 0.3) is 5.70 Å². The van der Waals surface area contributed by atoms with Crippen molar-refractivity contribution in [1.29, 1.82) is 0 Å². The first-order valence-corrected chi connectivity index (χ1v) is 7.77. The summed E-state index contributed by atoms with van der Waals surface area (Å²) in [6, 6.07) is 14.5. The predicted octanol–water partition coefficient (Wildman–Crippen LogP) is 4.66. The predicted molar refractivity (Wildman–Crippen MR) is 90.9 cm³/mol. The fraction of sp³-hybridized carbons (Fsp3) is 0.211. The van der Waals surface area contributed by atoms with E-state index in [0.717, 1.165) is 28.3 Å². The van der Waals surface area contributed by atoms with Crippen LogP contribution >= 0.6 is 11.6 Å². The fourth-order valence-corrected chi connectivity index (χ4v) is 3.14. The van der Waals surface area contributed by atoms with Crippen LogP contribution in [0.4, 0.5) is 0 Å². The van der Waals surface area contributed by atoms with Crippen LogP contribution in [-0.4, -0.2) is 5.91 Å². The summed E-state index contributed by atoms with van der Waals surface area (Å²) in [5, 5.41) is 3.73. The second-order valence-corrected chi connectivity index (χ2v) is 6.09. The number of allylic oxidation sites excluding steroid dienone is 1. The van der Waals surface area contributed by atoms with E-state index < -0.39 is 0 Å². The number of hydrogen-bond donors (Lipinski definition) is 1. The molecule has 2 aromatic rings. The minimum absolute atomic E-state index is 0.0400. The zero-order valence-corrected chi connectivity index (χ0v) is 13.4. The number of halogens is 1. The molecule has 0 saturated carbocycles. The van der Waals surface area contributed by atoms with Crippen LogP contribution in [0.2, 0.25) is 5.02 Å². The Morgan fingerprint density at radius 2 is 2.00 bits per heavy atom. The van der Waals surface area contributed by atoms with E-state index in [4.69, 9.17) is 11.6 Å². The Morgan fingerprint density at radius 1 is 1.23 bits per heavy atom. The first-order chi connectivity index (χ1) is 10.6. The maximum absolute atomic E-state index is 11.4. The summed E-state index contributed by atoms with van der Waals surface area (Å²) in [5.41, 5.74) is 5.60. The van der Waals surface area contributed by atoms with Gasteiger partial charge in [-0.25, -0.2) is 0 Å². The molecule has 3 rings (SSSR count). The SMILES string of the molecule is CC(=O)NC1=CCC(c2ccc(Cl)c(C)c2)c2ccccc21. The largest absolute Gasteiger partial charge is 0.326 e. The Hall–Kier alpha value is -2.06. The summed E-state index contributed by atoms with van der Waals surface area (Å²) in [4.78, 5) is 11.4. The highest BCUT2D eigenvalue weighted by Crippen LogP contribution is 2.38. The third kappa shape index (κ3) is 2.79. The van der Waals surface area contributed by atoms with E-state index in [1.165, 1.54) is 18.1 Å². The molecule has 112 valence electrons. The molecule has 0 aliphatic heterocycles. The van der Waals surface area contributed by atoms with Gasteiger partial charge in [0.25, 0.3) is 0 Å². The number of hydrogen-bond acceptors (Lipinski definition) is 1. The second kappa shape index (κ2) is 5.98. The molecule has 3 heteroatoms. The number of fused-ring (bicyclic) bond motifs is 1. The zero-order valence-electron chi connectivity index (χ0n) is 12.7. The monoisotopic (exact) mass is 311 g/mol. The average Bonchev–Trinajstić information content (AvgIpc) is 2.50. The minimum atomic E-state index is -0.0400. The summed E-state index contributed by atoms with van der Waals surface area (Å²) in [6.45, 7) is 3.57. The van der Waals surface area contributed by atoms with Gasteiger partial charge in [0.1, 0.15) is 0 Å². The highest BCUT2D eigenvalue weighted by Gasteiger charge is 2.23. The normalized spacial score (nSPS) is 16.7. The van der Waals surface area contributed by atoms with Gasteiger partial charge in [-0.15, -0.1) is 0 Å². The number of nitrogens with one attached hydrogen (secondary N) is 1. The molecular formula is C19H18ClNO. The van der Waals surface area contributed by atoms with Crippen LogP contribution in [0.3, 0.4) is 0 Å². The van der Waals surface area contributed by atoms with Crippen molar-refractivity contribution in [2.24, 2.45) is 0 Å². The van der Waals surface area contributed by atoms with Crippen molar-refractivity contribution in [2.75, 3.05) is 0 Å². The standard InChI is InChI=1S/C19H18ClNO/c1-12-11-14(7-9-18(12)20)15-8-10-19(21-13(2)22)17-6-4-3-5-16(15)17/h3-7,9-11,15H,8H2,1-2H3,(H,21,22). The molecule has 0 radical (unpaired) electrons. The van der Waals surface area contributed by atoms with Crippen LogP contribution in [-0.2, 0) is 4.79 Å².